The van der Waals surface area contributed by atoms with Crippen molar-refractivity contribution in [3.63, 3.8) is 0 Å². The van der Waals surface area contributed by atoms with Crippen molar-refractivity contribution in [2.75, 3.05) is 52.7 Å². The molecule has 0 radical (unpaired) electrons. The molecule has 10 nitrogen and oxygen atoms in total. The molecule has 0 saturated carbocycles. The molecule has 2 amide bonds. The third kappa shape index (κ3) is 8.31. The van der Waals surface area contributed by atoms with Crippen LogP contribution in [0.4, 0.5) is 28.0 Å². The molecule has 262 valence electrons. The van der Waals surface area contributed by atoms with E-state index in [0.717, 1.165) is 12.0 Å². The summed E-state index contributed by atoms with van der Waals surface area (Å²) >= 11 is 0.520. The normalized spacial score (nSPS) is 15.6. The highest BCUT2D eigenvalue weighted by molar-refractivity contribution is 7.99. The number of carbonyl (C=O) groups excluding carboxylic acids is 1. The summed E-state index contributed by atoms with van der Waals surface area (Å²) < 4.78 is 90.0. The van der Waals surface area contributed by atoms with Gasteiger partial charge >= 0.3 is 6.03 Å². The number of urea groups is 1. The highest BCUT2D eigenvalue weighted by Crippen LogP contribution is 2.48. The fraction of sp³-hybridized carbons (Fsp3) is 0.424. The van der Waals surface area contributed by atoms with Gasteiger partial charge in [0.25, 0.3) is 0 Å². The number of anilines is 1. The number of nitrogens with zero attached hydrogens (tertiary/aromatic N) is 1. The molecule has 0 aromatic heterocycles. The molecule has 0 spiro atoms. The van der Waals surface area contributed by atoms with Crippen LogP contribution in [0.2, 0.25) is 0 Å². The Morgan fingerprint density at radius 2 is 1.42 bits per heavy atom. The molecule has 1 aliphatic rings. The van der Waals surface area contributed by atoms with Gasteiger partial charge < -0.3 is 33.7 Å². The van der Waals surface area contributed by atoms with Crippen molar-refractivity contribution >= 4 is 23.5 Å². The average molecular weight is 699 g/mol. The van der Waals surface area contributed by atoms with Crippen molar-refractivity contribution in [2.45, 2.75) is 49.7 Å². The van der Waals surface area contributed by atoms with Crippen LogP contribution in [0.3, 0.4) is 0 Å². The van der Waals surface area contributed by atoms with E-state index < -0.39 is 40.3 Å². The Hall–Kier alpha value is -4.08. The third-order valence-electron chi connectivity index (χ3n) is 7.59. The van der Waals surface area contributed by atoms with Gasteiger partial charge in [0.15, 0.2) is 46.3 Å². The molecule has 1 heterocycles. The number of nitrogens with one attached hydrogen (secondary N) is 1. The predicted molar refractivity (Wildman–Crippen MR) is 170 cm³/mol. The number of thioether (sulfide) groups is 1. The van der Waals surface area contributed by atoms with E-state index in [2.05, 4.69) is 5.32 Å². The number of amides is 2. The van der Waals surface area contributed by atoms with Crippen LogP contribution in [0.5, 0.6) is 28.7 Å². The lowest BCUT2D eigenvalue weighted by Gasteiger charge is -2.22. The molecule has 3 aromatic rings. The van der Waals surface area contributed by atoms with Crippen LogP contribution in [0.1, 0.15) is 55.9 Å². The van der Waals surface area contributed by atoms with Gasteiger partial charge in [-0.25, -0.2) is 27.4 Å². The number of benzene rings is 3. The summed E-state index contributed by atoms with van der Waals surface area (Å²) in [6, 6.07) is 6.24. The molecule has 1 saturated heterocycles. The smallest absolute Gasteiger partial charge is 0.345 e. The van der Waals surface area contributed by atoms with E-state index in [1.54, 1.807) is 12.1 Å². The minimum atomic E-state index is -1.52. The molecular formula is C33H38F4N2O8S. The van der Waals surface area contributed by atoms with Gasteiger partial charge in [-0.1, -0.05) is 13.3 Å². The van der Waals surface area contributed by atoms with E-state index in [1.165, 1.54) is 28.4 Å². The number of hydrogen-bond donors (Lipinski definition) is 2. The summed E-state index contributed by atoms with van der Waals surface area (Å²) in [5.41, 5.74) is 1.57. The Bertz CT molecular complexity index is 1550. The van der Waals surface area contributed by atoms with Gasteiger partial charge in [-0.15, -0.1) is 11.8 Å². The van der Waals surface area contributed by atoms with Gasteiger partial charge in [-0.05, 0) is 54.7 Å². The number of hydroxylamine groups is 2. The zero-order chi connectivity index (χ0) is 35.0. The Balaban J connectivity index is 1.59. The number of carbonyl (C=O) groups is 1. The van der Waals surface area contributed by atoms with Crippen LogP contribution in [0.25, 0.3) is 0 Å². The van der Waals surface area contributed by atoms with Crippen molar-refractivity contribution < 1.29 is 56.0 Å². The minimum absolute atomic E-state index is 0.0598. The first-order chi connectivity index (χ1) is 23.1. The molecule has 3 aromatic carbocycles. The van der Waals surface area contributed by atoms with Crippen molar-refractivity contribution in [3.05, 3.63) is 64.7 Å². The molecule has 48 heavy (non-hydrogen) atoms. The lowest BCUT2D eigenvalue weighted by atomic mass is 10.0. The van der Waals surface area contributed by atoms with Gasteiger partial charge in [0.05, 0.1) is 64.4 Å². The summed E-state index contributed by atoms with van der Waals surface area (Å²) in [5.74, 6) is -4.51. The maximum atomic E-state index is 14.2. The zero-order valence-corrected chi connectivity index (χ0v) is 28.0. The highest BCUT2D eigenvalue weighted by Gasteiger charge is 2.31. The SMILES string of the molecule is CCCCN(O)C(=O)Nc1cc([C@H]2CC[C@H](c3cc(OC)c(OC)c(OC)c3)O2)cc(OC)c1OCCSc1c(F)c(F)cc(F)c1F. The zero-order valence-electron chi connectivity index (χ0n) is 27.2. The van der Waals surface area contributed by atoms with E-state index in [-0.39, 0.29) is 48.3 Å². The van der Waals surface area contributed by atoms with Gasteiger partial charge in [-0.3, -0.25) is 5.21 Å². The first kappa shape index (κ1) is 36.8. The van der Waals surface area contributed by atoms with E-state index in [0.29, 0.717) is 58.9 Å². The minimum Gasteiger partial charge on any atom is -0.493 e. The van der Waals surface area contributed by atoms with Crippen molar-refractivity contribution in [2.24, 2.45) is 0 Å². The lowest BCUT2D eigenvalue weighted by molar-refractivity contribution is -0.0379. The van der Waals surface area contributed by atoms with Crippen LogP contribution in [0.15, 0.2) is 35.2 Å². The topological polar surface area (TPSA) is 108 Å². The molecule has 1 fully saturated rings. The van der Waals surface area contributed by atoms with Crippen LogP contribution >= 0.6 is 11.8 Å². The Kier molecular flexibility index (Phi) is 12.9. The number of methoxy groups -OCH3 is 4. The van der Waals surface area contributed by atoms with Gasteiger partial charge in [0.1, 0.15) is 0 Å². The molecule has 1 aliphatic heterocycles. The Morgan fingerprint density at radius 1 is 0.875 bits per heavy atom. The summed E-state index contributed by atoms with van der Waals surface area (Å²) in [7, 11) is 5.96. The monoisotopic (exact) mass is 698 g/mol. The van der Waals surface area contributed by atoms with E-state index in [9.17, 15) is 27.6 Å². The first-order valence-corrected chi connectivity index (χ1v) is 16.1. The second-order valence-electron chi connectivity index (χ2n) is 10.7. The Morgan fingerprint density at radius 3 is 1.94 bits per heavy atom. The standard InChI is InChI=1S/C33H38F4N2O8S/c1-6-7-10-39(41)33(40)38-22-13-18(23-8-9-24(47-23)19-15-26(43-3)31(45-5)27(16-19)44-4)14-25(42-2)30(22)46-11-12-48-32-28(36)20(34)17-21(35)29(32)37/h13-17,23-24,41H,6-12H2,1-5H3,(H,38,40)/t23-,24-/m1/s1. The molecule has 0 unspecified atom stereocenters. The largest absolute Gasteiger partial charge is 0.493 e. The molecule has 15 heteroatoms. The number of unbranched alkanes of at least 4 members (excludes halogenated alkanes) is 1. The van der Waals surface area contributed by atoms with Crippen molar-refractivity contribution in [1.82, 2.24) is 5.06 Å². The lowest BCUT2D eigenvalue weighted by Crippen LogP contribution is -2.33. The van der Waals surface area contributed by atoms with Crippen LogP contribution in [-0.2, 0) is 4.74 Å². The number of ether oxygens (including phenoxy) is 6. The number of hydrogen-bond acceptors (Lipinski definition) is 9. The van der Waals surface area contributed by atoms with Gasteiger partial charge in [0, 0.05) is 11.8 Å². The summed E-state index contributed by atoms with van der Waals surface area (Å²) in [4.78, 5) is 12.1. The summed E-state index contributed by atoms with van der Waals surface area (Å²) in [5, 5.41) is 13.5. The van der Waals surface area contributed by atoms with Gasteiger partial charge in [-0.2, -0.15) is 0 Å². The second kappa shape index (κ2) is 16.8. The maximum Gasteiger partial charge on any atom is 0.345 e. The molecule has 0 bridgehead atoms. The highest BCUT2D eigenvalue weighted by atomic mass is 32.2. The van der Waals surface area contributed by atoms with Crippen LogP contribution in [-0.4, -0.2) is 63.6 Å². The molecule has 2 N–H and O–H groups in total. The summed E-state index contributed by atoms with van der Waals surface area (Å²) in [6.45, 7) is 1.78. The summed E-state index contributed by atoms with van der Waals surface area (Å²) in [6.07, 6.45) is 1.75. The third-order valence-corrected chi connectivity index (χ3v) is 8.61. The van der Waals surface area contributed by atoms with Gasteiger partial charge in [0.2, 0.25) is 5.75 Å². The fourth-order valence-electron chi connectivity index (χ4n) is 5.17. The molecule has 2 atom stereocenters. The predicted octanol–water partition coefficient (Wildman–Crippen LogP) is 8.06. The van der Waals surface area contributed by atoms with Crippen LogP contribution in [0, 0.1) is 23.3 Å². The van der Waals surface area contributed by atoms with E-state index in [4.69, 9.17) is 28.4 Å². The molecular weight excluding hydrogens is 660 g/mol. The number of rotatable bonds is 15. The second-order valence-corrected chi connectivity index (χ2v) is 11.8. The first-order valence-electron chi connectivity index (χ1n) is 15.1. The van der Waals surface area contributed by atoms with E-state index in [1.807, 2.05) is 19.1 Å². The van der Waals surface area contributed by atoms with Crippen molar-refractivity contribution in [1.29, 1.82) is 0 Å². The fourth-order valence-corrected chi connectivity index (χ4v) is 5.99. The van der Waals surface area contributed by atoms with Crippen LogP contribution < -0.4 is 29.0 Å². The van der Waals surface area contributed by atoms with E-state index >= 15 is 0 Å². The molecule has 4 rings (SSSR count). The molecule has 0 aliphatic carbocycles. The number of halogens is 4. The quantitative estimate of drug-likeness (QED) is 0.0407. The average Bonchev–Trinajstić information content (AvgIpc) is 3.59. The van der Waals surface area contributed by atoms with Crippen molar-refractivity contribution in [3.8, 4) is 28.7 Å². The maximum absolute atomic E-state index is 14.2. The Labute approximate surface area is 280 Å².